The van der Waals surface area contributed by atoms with Crippen LogP contribution in [0.25, 0.3) is 0 Å². The Morgan fingerprint density at radius 3 is 2.50 bits per heavy atom. The molecule has 6 nitrogen and oxygen atoms in total. The number of halogens is 5. The molecule has 1 N–H and O–H groups in total. The Morgan fingerprint density at radius 1 is 1.42 bits per heavy atom. The average Bonchev–Trinajstić information content (AvgIpc) is 2.50. The molecule has 132 valence electrons. The fourth-order valence-electron chi connectivity index (χ4n) is 1.48. The van der Waals surface area contributed by atoms with E-state index in [9.17, 15) is 18.0 Å². The van der Waals surface area contributed by atoms with Crippen LogP contribution in [0.5, 0.6) is 0 Å². The Kier molecular flexibility index (Phi) is 6.85. The molecule has 1 rings (SSSR count). The molecular formula is C13H12Cl2F3N3O3. The third-order valence-electron chi connectivity index (χ3n) is 2.62. The first-order valence-corrected chi connectivity index (χ1v) is 7.10. The first kappa shape index (κ1) is 20.0. The molecule has 0 saturated heterocycles. The second-order valence-corrected chi connectivity index (χ2v) is 5.01. The van der Waals surface area contributed by atoms with Crippen molar-refractivity contribution >= 4 is 46.5 Å². The average molecular weight is 386 g/mol. The lowest BCUT2D eigenvalue weighted by atomic mass is 10.2. The van der Waals surface area contributed by atoms with Crippen LogP contribution in [0.15, 0.2) is 28.5 Å². The molecule has 0 aliphatic rings. The van der Waals surface area contributed by atoms with Gasteiger partial charge in [0.25, 0.3) is 0 Å². The van der Waals surface area contributed by atoms with Crippen molar-refractivity contribution in [3.63, 3.8) is 0 Å². The third kappa shape index (κ3) is 5.00. The van der Waals surface area contributed by atoms with Crippen LogP contribution in [0.1, 0.15) is 19.4 Å². The van der Waals surface area contributed by atoms with Crippen LogP contribution in [-0.4, -0.2) is 29.2 Å². The number of rotatable bonds is 5. The van der Waals surface area contributed by atoms with Gasteiger partial charge in [-0.05, 0) is 32.0 Å². The number of hydrogen-bond acceptors (Lipinski definition) is 6. The third-order valence-corrected chi connectivity index (χ3v) is 3.18. The number of hydrazone groups is 1. The Hall–Kier alpha value is -2.00. The van der Waals surface area contributed by atoms with Crippen LogP contribution in [0.2, 0.25) is 5.02 Å². The van der Waals surface area contributed by atoms with Gasteiger partial charge in [-0.2, -0.15) is 17.7 Å². The van der Waals surface area contributed by atoms with Crippen molar-refractivity contribution in [2.24, 2.45) is 10.3 Å². The highest BCUT2D eigenvalue weighted by Gasteiger charge is 2.31. The van der Waals surface area contributed by atoms with Gasteiger partial charge in [-0.15, -0.1) is 5.10 Å². The summed E-state index contributed by atoms with van der Waals surface area (Å²) in [6.45, 7) is 2.83. The molecule has 0 aromatic heterocycles. The first-order chi connectivity index (χ1) is 11.1. The number of hydrogen-bond donors (Lipinski definition) is 1. The van der Waals surface area contributed by atoms with Crippen LogP contribution in [0.3, 0.4) is 0 Å². The van der Waals surface area contributed by atoms with E-state index in [0.29, 0.717) is 10.6 Å². The van der Waals surface area contributed by atoms with E-state index >= 15 is 0 Å². The molecule has 24 heavy (non-hydrogen) atoms. The summed E-state index contributed by atoms with van der Waals surface area (Å²) in [6, 6.07) is 2.40. The molecular weight excluding hydrogens is 374 g/mol. The zero-order valence-corrected chi connectivity index (χ0v) is 13.9. The monoisotopic (exact) mass is 385 g/mol. The summed E-state index contributed by atoms with van der Waals surface area (Å²) in [6.07, 6.45) is -4.57. The topological polar surface area (TPSA) is 74.5 Å². The fraction of sp³-hybridized carbons (Fsp3) is 0.308. The van der Waals surface area contributed by atoms with Gasteiger partial charge in [-0.3, -0.25) is 0 Å². The highest BCUT2D eigenvalue weighted by molar-refractivity contribution is 6.65. The smallest absolute Gasteiger partial charge is 0.416 e. The van der Waals surface area contributed by atoms with Crippen LogP contribution in [-0.2, 0) is 15.7 Å². The molecule has 0 unspecified atom stereocenters. The summed E-state index contributed by atoms with van der Waals surface area (Å²) in [7, 11) is 0. The maximum absolute atomic E-state index is 12.6. The van der Waals surface area contributed by atoms with Gasteiger partial charge in [0.05, 0.1) is 22.9 Å². The molecule has 11 heteroatoms. The van der Waals surface area contributed by atoms with Crippen molar-refractivity contribution < 1.29 is 27.9 Å². The molecule has 1 aromatic carbocycles. The zero-order chi connectivity index (χ0) is 18.5. The quantitative estimate of drug-likeness (QED) is 0.272. The minimum absolute atomic E-state index is 0.0277. The summed E-state index contributed by atoms with van der Waals surface area (Å²) in [5.41, 5.74) is -1.73. The number of carbonyl (C=O) groups is 1. The number of carbonyl (C=O) groups excluding carboxylic acids is 1. The van der Waals surface area contributed by atoms with Gasteiger partial charge in [0, 0.05) is 11.8 Å². The molecule has 0 aliphatic carbocycles. The predicted molar refractivity (Wildman–Crippen MR) is 83.7 cm³/mol. The lowest BCUT2D eigenvalue weighted by Gasteiger charge is -2.15. The number of esters is 1. The van der Waals surface area contributed by atoms with Crippen molar-refractivity contribution in [2.45, 2.75) is 20.0 Å². The summed E-state index contributed by atoms with van der Waals surface area (Å²) in [5, 5.41) is 14.9. The van der Waals surface area contributed by atoms with Crippen molar-refractivity contribution in [1.29, 1.82) is 0 Å². The fourth-order valence-corrected chi connectivity index (χ4v) is 2.01. The largest absolute Gasteiger partial charge is 0.461 e. The van der Waals surface area contributed by atoms with Crippen LogP contribution < -0.4 is 4.53 Å². The summed E-state index contributed by atoms with van der Waals surface area (Å²) in [5.74, 6) is -0.929. The molecule has 0 saturated carbocycles. The second-order valence-electron chi connectivity index (χ2n) is 4.28. The van der Waals surface area contributed by atoms with Crippen LogP contribution >= 0.6 is 23.4 Å². The molecule has 0 aliphatic heterocycles. The molecule has 1 aromatic rings. The molecule has 0 heterocycles. The van der Waals surface area contributed by atoms with Crippen molar-refractivity contribution in [2.75, 3.05) is 11.1 Å². The maximum atomic E-state index is 12.6. The SMILES string of the molecule is CCOC(=O)C(=NN(Cl)c1ccc(C(F)(F)F)cc1Cl)C(C)=NO. The van der Waals surface area contributed by atoms with Gasteiger partial charge in [0.15, 0.2) is 5.71 Å². The number of oxime groups is 1. The number of ether oxygens (including phenoxy) is 1. The molecule has 0 fully saturated rings. The number of anilines is 1. The Bertz CT molecular complexity index is 678. The van der Waals surface area contributed by atoms with Crippen molar-refractivity contribution in [1.82, 2.24) is 0 Å². The Morgan fingerprint density at radius 2 is 2.04 bits per heavy atom. The van der Waals surface area contributed by atoms with E-state index in [1.54, 1.807) is 6.92 Å². The van der Waals surface area contributed by atoms with E-state index < -0.39 is 23.4 Å². The van der Waals surface area contributed by atoms with E-state index in [1.807, 2.05) is 0 Å². The second kappa shape index (κ2) is 8.20. The first-order valence-electron chi connectivity index (χ1n) is 6.39. The van der Waals surface area contributed by atoms with Gasteiger partial charge in [0.2, 0.25) is 0 Å². The predicted octanol–water partition coefficient (Wildman–Crippen LogP) is 4.09. The van der Waals surface area contributed by atoms with Gasteiger partial charge in [0.1, 0.15) is 5.71 Å². The summed E-state index contributed by atoms with van der Waals surface area (Å²) >= 11 is 11.6. The van der Waals surface area contributed by atoms with Crippen LogP contribution in [0, 0.1) is 0 Å². The van der Waals surface area contributed by atoms with E-state index in [1.165, 1.54) is 6.92 Å². The Balaban J connectivity index is 3.23. The maximum Gasteiger partial charge on any atom is 0.416 e. The lowest BCUT2D eigenvalue weighted by Crippen LogP contribution is -2.27. The Labute approximate surface area is 145 Å². The normalized spacial score (nSPS) is 13.0. The van der Waals surface area contributed by atoms with Gasteiger partial charge in [-0.25, -0.2) is 4.79 Å². The van der Waals surface area contributed by atoms with Crippen LogP contribution in [0.4, 0.5) is 18.9 Å². The van der Waals surface area contributed by atoms with E-state index in [-0.39, 0.29) is 23.0 Å². The standard InChI is InChI=1S/C13H12Cl2F3N3O3/c1-3-24-12(22)11(7(2)20-23)19-21(15)10-5-4-8(6-9(10)14)13(16,17)18/h4-6,23H,3H2,1-2H3. The van der Waals surface area contributed by atoms with Gasteiger partial charge in [-0.1, -0.05) is 16.8 Å². The van der Waals surface area contributed by atoms with Gasteiger partial charge >= 0.3 is 12.1 Å². The summed E-state index contributed by atoms with van der Waals surface area (Å²) in [4.78, 5) is 11.8. The number of nitrogens with zero attached hydrogens (tertiary/aromatic N) is 3. The van der Waals surface area contributed by atoms with E-state index in [2.05, 4.69) is 10.3 Å². The molecule has 0 bridgehead atoms. The number of alkyl halides is 3. The highest BCUT2D eigenvalue weighted by Crippen LogP contribution is 2.35. The molecule has 0 amide bonds. The number of benzene rings is 1. The van der Waals surface area contributed by atoms with Crippen molar-refractivity contribution in [3.05, 3.63) is 28.8 Å². The van der Waals surface area contributed by atoms with E-state index in [0.717, 1.165) is 12.1 Å². The molecule has 0 atom stereocenters. The lowest BCUT2D eigenvalue weighted by molar-refractivity contribution is -0.137. The minimum atomic E-state index is -4.57. The van der Waals surface area contributed by atoms with Gasteiger partial charge < -0.3 is 9.94 Å². The zero-order valence-electron chi connectivity index (χ0n) is 12.4. The minimum Gasteiger partial charge on any atom is -0.461 e. The van der Waals surface area contributed by atoms with Crippen molar-refractivity contribution in [3.8, 4) is 0 Å². The molecule has 0 spiro atoms. The highest BCUT2D eigenvalue weighted by atomic mass is 35.5. The summed E-state index contributed by atoms with van der Waals surface area (Å²) < 4.78 is 43.1. The van der Waals surface area contributed by atoms with E-state index in [4.69, 9.17) is 33.3 Å². The molecule has 0 radical (unpaired) electrons.